The summed E-state index contributed by atoms with van der Waals surface area (Å²) in [7, 11) is 0. The Labute approximate surface area is 134 Å². The number of hydrogen-bond donors (Lipinski definition) is 1. The Morgan fingerprint density at radius 2 is 1.84 bits per heavy atom. The van der Waals surface area contributed by atoms with Crippen molar-refractivity contribution in [2.24, 2.45) is 0 Å². The van der Waals surface area contributed by atoms with Crippen molar-refractivity contribution in [3.05, 3.63) is 29.8 Å². The second kappa shape index (κ2) is 9.55. The molecule has 0 bridgehead atoms. The van der Waals surface area contributed by atoms with Crippen LogP contribution in [0.3, 0.4) is 0 Å². The van der Waals surface area contributed by atoms with E-state index < -0.39 is 0 Å². The molecule has 0 saturated carbocycles. The van der Waals surface area contributed by atoms with Crippen LogP contribution in [0, 0.1) is 6.92 Å². The van der Waals surface area contributed by atoms with E-state index in [9.17, 15) is 0 Å². The van der Waals surface area contributed by atoms with E-state index in [4.69, 9.17) is 9.84 Å². The number of benzene rings is 1. The Morgan fingerprint density at radius 3 is 2.37 bits per heavy atom. The van der Waals surface area contributed by atoms with Gasteiger partial charge in [0.05, 0.1) is 19.7 Å². The molecule has 0 atom stereocenters. The highest BCUT2D eigenvalue weighted by molar-refractivity contribution is 5.27. The van der Waals surface area contributed by atoms with Crippen molar-refractivity contribution in [1.29, 1.82) is 0 Å². The lowest BCUT2D eigenvalue weighted by Gasteiger charge is -2.36. The van der Waals surface area contributed by atoms with Gasteiger partial charge < -0.3 is 38.3 Å². The number of nitrogens with zero attached hydrogens (tertiary/aromatic N) is 1. The maximum Gasteiger partial charge on any atom is 0.137 e. The summed E-state index contributed by atoms with van der Waals surface area (Å²) in [6, 6.07) is 8.13. The number of halogens is 1. The van der Waals surface area contributed by atoms with Crippen molar-refractivity contribution >= 4 is 0 Å². The van der Waals surface area contributed by atoms with Gasteiger partial charge in [0.25, 0.3) is 0 Å². The molecule has 0 aliphatic rings. The maximum atomic E-state index is 9.16. The molecule has 0 amide bonds. The van der Waals surface area contributed by atoms with Gasteiger partial charge >= 0.3 is 0 Å². The fraction of sp³-hybridized carbons (Fsp3) is 0.600. The lowest BCUT2D eigenvalue weighted by atomic mass is 10.2. The van der Waals surface area contributed by atoms with Gasteiger partial charge in [-0.2, -0.15) is 0 Å². The zero-order valence-corrected chi connectivity index (χ0v) is 14.4. The first-order chi connectivity index (χ1) is 8.65. The van der Waals surface area contributed by atoms with E-state index in [0.717, 1.165) is 36.4 Å². The van der Waals surface area contributed by atoms with E-state index in [1.807, 2.05) is 12.1 Å². The van der Waals surface area contributed by atoms with Crippen LogP contribution < -0.4 is 28.7 Å². The van der Waals surface area contributed by atoms with Gasteiger partial charge in [-0.15, -0.1) is 0 Å². The van der Waals surface area contributed by atoms with E-state index in [1.165, 1.54) is 5.56 Å². The number of aryl methyl sites for hydroxylation is 1. The third-order valence-corrected chi connectivity index (χ3v) is 3.74. The van der Waals surface area contributed by atoms with Gasteiger partial charge in [0.1, 0.15) is 25.4 Å². The molecule has 0 unspecified atom stereocenters. The van der Waals surface area contributed by atoms with Gasteiger partial charge in [-0.3, -0.25) is 0 Å². The minimum atomic E-state index is 0. The molecule has 0 aliphatic heterocycles. The van der Waals surface area contributed by atoms with E-state index in [2.05, 4.69) is 32.9 Å². The van der Waals surface area contributed by atoms with Crippen LogP contribution in [0.15, 0.2) is 24.3 Å². The number of hydrogen-bond acceptors (Lipinski definition) is 2. The van der Waals surface area contributed by atoms with Crippen LogP contribution >= 0.6 is 0 Å². The molecule has 0 aliphatic carbocycles. The lowest BCUT2D eigenvalue weighted by Crippen LogP contribution is -3.00. The molecule has 1 rings (SSSR count). The number of ether oxygens (including phenoxy) is 1. The third-order valence-electron chi connectivity index (χ3n) is 3.74. The van der Waals surface area contributed by atoms with Crippen molar-refractivity contribution in [1.82, 2.24) is 0 Å². The van der Waals surface area contributed by atoms with Gasteiger partial charge in [0, 0.05) is 0 Å². The highest BCUT2D eigenvalue weighted by atomic mass is 127. The van der Waals surface area contributed by atoms with Crippen LogP contribution in [-0.4, -0.2) is 49.0 Å². The fourth-order valence-corrected chi connectivity index (χ4v) is 2.24. The van der Waals surface area contributed by atoms with Crippen molar-refractivity contribution < 1.29 is 38.3 Å². The maximum absolute atomic E-state index is 9.16. The highest BCUT2D eigenvalue weighted by Crippen LogP contribution is 2.13. The topological polar surface area (TPSA) is 29.5 Å². The Kier molecular flexibility index (Phi) is 9.39. The van der Waals surface area contributed by atoms with Crippen molar-refractivity contribution in [3.8, 4) is 5.75 Å². The quantitative estimate of drug-likeness (QED) is 0.475. The largest absolute Gasteiger partial charge is 1.00 e. The zero-order valence-electron chi connectivity index (χ0n) is 12.2. The smallest absolute Gasteiger partial charge is 0.137 e. The minimum Gasteiger partial charge on any atom is -1.00 e. The predicted molar refractivity (Wildman–Crippen MR) is 74.8 cm³/mol. The zero-order chi connectivity index (χ0) is 13.4. The SMILES string of the molecule is CC[N+](CC)(CCO)CCOc1cccc(C)c1.[I-]. The highest BCUT2D eigenvalue weighted by Gasteiger charge is 2.22. The van der Waals surface area contributed by atoms with Crippen LogP contribution in [0.1, 0.15) is 19.4 Å². The second-order valence-electron chi connectivity index (χ2n) is 4.81. The minimum absolute atomic E-state index is 0. The number of likely N-dealkylation sites (N-methyl/N-ethyl adjacent to an activating group) is 1. The number of quaternary nitrogens is 1. The summed E-state index contributed by atoms with van der Waals surface area (Å²) in [6.45, 7) is 11.2. The predicted octanol–water partition coefficient (Wildman–Crippen LogP) is -0.773. The molecular weight excluding hydrogens is 353 g/mol. The molecule has 0 heterocycles. The van der Waals surface area contributed by atoms with Crippen LogP contribution in [-0.2, 0) is 0 Å². The molecule has 19 heavy (non-hydrogen) atoms. The normalized spacial score (nSPS) is 10.9. The molecule has 1 aromatic rings. The van der Waals surface area contributed by atoms with E-state index in [0.29, 0.717) is 6.61 Å². The van der Waals surface area contributed by atoms with Gasteiger partial charge in [0.2, 0.25) is 0 Å². The van der Waals surface area contributed by atoms with E-state index in [-0.39, 0.29) is 30.6 Å². The van der Waals surface area contributed by atoms with Crippen LogP contribution in [0.2, 0.25) is 0 Å². The Morgan fingerprint density at radius 1 is 1.16 bits per heavy atom. The standard InChI is InChI=1S/C15H26NO2.HI/c1-4-16(5-2,9-11-17)10-12-18-15-8-6-7-14(3)13-15;/h6-8,13,17H,4-5,9-12H2,1-3H3;1H/q+1;/p-1. The van der Waals surface area contributed by atoms with Gasteiger partial charge in [-0.05, 0) is 38.5 Å². The fourth-order valence-electron chi connectivity index (χ4n) is 2.24. The van der Waals surface area contributed by atoms with E-state index >= 15 is 0 Å². The summed E-state index contributed by atoms with van der Waals surface area (Å²) in [5, 5.41) is 9.16. The second-order valence-corrected chi connectivity index (χ2v) is 4.81. The summed E-state index contributed by atoms with van der Waals surface area (Å²) in [5.74, 6) is 0.935. The monoisotopic (exact) mass is 379 g/mol. The molecular formula is C15H26INO2. The van der Waals surface area contributed by atoms with Gasteiger partial charge in [0.15, 0.2) is 0 Å². The molecule has 0 fully saturated rings. The molecule has 3 nitrogen and oxygen atoms in total. The van der Waals surface area contributed by atoms with Crippen LogP contribution in [0.5, 0.6) is 5.75 Å². The lowest BCUT2D eigenvalue weighted by molar-refractivity contribution is -0.925. The van der Waals surface area contributed by atoms with Crippen LogP contribution in [0.25, 0.3) is 0 Å². The number of aliphatic hydroxyl groups is 1. The molecule has 4 heteroatoms. The molecule has 1 aromatic carbocycles. The molecule has 0 spiro atoms. The van der Waals surface area contributed by atoms with Crippen molar-refractivity contribution in [2.75, 3.05) is 39.4 Å². The summed E-state index contributed by atoms with van der Waals surface area (Å²) in [4.78, 5) is 0. The molecule has 110 valence electrons. The first-order valence-electron chi connectivity index (χ1n) is 6.81. The molecule has 1 N–H and O–H groups in total. The van der Waals surface area contributed by atoms with Gasteiger partial charge in [-0.1, -0.05) is 12.1 Å². The molecule has 0 radical (unpaired) electrons. The Hall–Kier alpha value is -0.330. The Balaban J connectivity index is 0.00000324. The summed E-state index contributed by atoms with van der Waals surface area (Å²) < 4.78 is 6.71. The van der Waals surface area contributed by atoms with Crippen molar-refractivity contribution in [3.63, 3.8) is 0 Å². The molecule has 0 saturated heterocycles. The summed E-state index contributed by atoms with van der Waals surface area (Å²) in [6.07, 6.45) is 0. The van der Waals surface area contributed by atoms with Gasteiger partial charge in [-0.25, -0.2) is 0 Å². The van der Waals surface area contributed by atoms with Crippen molar-refractivity contribution in [2.45, 2.75) is 20.8 Å². The number of rotatable bonds is 8. The van der Waals surface area contributed by atoms with E-state index in [1.54, 1.807) is 0 Å². The Bertz CT molecular complexity index is 354. The average Bonchev–Trinajstić information content (AvgIpc) is 2.38. The first-order valence-corrected chi connectivity index (χ1v) is 6.81. The van der Waals surface area contributed by atoms with Crippen LogP contribution in [0.4, 0.5) is 0 Å². The summed E-state index contributed by atoms with van der Waals surface area (Å²) >= 11 is 0. The summed E-state index contributed by atoms with van der Waals surface area (Å²) in [5.41, 5.74) is 1.22. The first kappa shape index (κ1) is 18.7. The molecule has 0 aromatic heterocycles. The average molecular weight is 379 g/mol. The third kappa shape index (κ3) is 6.10. The number of aliphatic hydroxyl groups excluding tert-OH is 1.